The van der Waals surface area contributed by atoms with Gasteiger partial charge < -0.3 is 15.4 Å². The Bertz CT molecular complexity index is 559. The molecule has 0 bridgehead atoms. The molecule has 0 aliphatic carbocycles. The second-order valence-corrected chi connectivity index (χ2v) is 6.22. The van der Waals surface area contributed by atoms with Crippen LogP contribution in [0.5, 0.6) is 0 Å². The maximum atomic E-state index is 13.9. The number of nitrogens with zero attached hydrogens (tertiary/aromatic N) is 1. The Hall–Kier alpha value is -0.950. The number of rotatable bonds is 6. The molecule has 2 N–H and O–H groups in total. The summed E-state index contributed by atoms with van der Waals surface area (Å²) in [5.41, 5.74) is 6.03. The van der Waals surface area contributed by atoms with Gasteiger partial charge in [-0.1, -0.05) is 22.0 Å². The molecule has 1 aliphatic heterocycles. The van der Waals surface area contributed by atoms with Gasteiger partial charge in [0.1, 0.15) is 11.9 Å². The van der Waals surface area contributed by atoms with Crippen molar-refractivity contribution in [3.8, 4) is 0 Å². The third kappa shape index (κ3) is 5.28. The second kappa shape index (κ2) is 9.37. The van der Waals surface area contributed by atoms with Gasteiger partial charge in [0, 0.05) is 29.7 Å². The number of hydrogen-bond donors (Lipinski definition) is 1. The number of carbonyl (C=O) groups excluding carboxylic acids is 1. The molecule has 2 atom stereocenters. The summed E-state index contributed by atoms with van der Waals surface area (Å²) in [4.78, 5) is 14.1. The molecule has 2 rings (SSSR count). The van der Waals surface area contributed by atoms with Gasteiger partial charge in [-0.15, -0.1) is 19.0 Å². The fourth-order valence-corrected chi connectivity index (χ4v) is 2.93. The highest BCUT2D eigenvalue weighted by Gasteiger charge is 2.32. The van der Waals surface area contributed by atoms with Crippen LogP contribution in [0.15, 0.2) is 35.3 Å². The van der Waals surface area contributed by atoms with E-state index in [9.17, 15) is 9.18 Å². The Kier molecular flexibility index (Phi) is 8.19. The van der Waals surface area contributed by atoms with Crippen molar-refractivity contribution in [2.24, 2.45) is 5.73 Å². The van der Waals surface area contributed by atoms with E-state index < -0.39 is 6.10 Å². The van der Waals surface area contributed by atoms with E-state index in [4.69, 9.17) is 10.5 Å². The van der Waals surface area contributed by atoms with Crippen LogP contribution in [-0.4, -0.2) is 36.1 Å². The van der Waals surface area contributed by atoms with Crippen LogP contribution < -0.4 is 5.73 Å². The van der Waals surface area contributed by atoms with Crippen molar-refractivity contribution < 1.29 is 13.9 Å². The lowest BCUT2D eigenvalue weighted by Crippen LogP contribution is -2.39. The first-order valence-electron chi connectivity index (χ1n) is 7.24. The maximum absolute atomic E-state index is 13.9. The van der Waals surface area contributed by atoms with Gasteiger partial charge >= 0.3 is 0 Å². The number of ether oxygens (including phenoxy) is 1. The van der Waals surface area contributed by atoms with Crippen molar-refractivity contribution in [2.75, 3.05) is 13.1 Å². The summed E-state index contributed by atoms with van der Waals surface area (Å²) in [6.45, 7) is 4.60. The molecule has 0 unspecified atom stereocenters. The molecule has 1 aromatic rings. The number of hydrogen-bond acceptors (Lipinski definition) is 3. The van der Waals surface area contributed by atoms with Crippen molar-refractivity contribution >= 4 is 34.2 Å². The Balaban J connectivity index is 0.00000264. The van der Waals surface area contributed by atoms with Crippen LogP contribution in [-0.2, 0) is 16.1 Å². The standard InChI is InChI=1S/C16H20BrFN2O2.ClH/c1-2-7-20(10-11-8-12(17)3-5-14(11)18)16(21)15-6-4-13(9-19)22-15;/h2-3,5,8,13,15H,1,4,6-7,9-10,19H2;1H/t13-,15+;/m1./s1. The molecule has 4 nitrogen and oxygen atoms in total. The predicted octanol–water partition coefficient (Wildman–Crippen LogP) is 3.03. The van der Waals surface area contributed by atoms with Crippen LogP contribution in [0.3, 0.4) is 0 Å². The topological polar surface area (TPSA) is 55.6 Å². The van der Waals surface area contributed by atoms with Crippen molar-refractivity contribution in [2.45, 2.75) is 31.6 Å². The summed E-state index contributed by atoms with van der Waals surface area (Å²) in [7, 11) is 0. The van der Waals surface area contributed by atoms with Gasteiger partial charge in [-0.3, -0.25) is 4.79 Å². The largest absolute Gasteiger partial charge is 0.364 e. The normalized spacial score (nSPS) is 20.0. The van der Waals surface area contributed by atoms with Gasteiger partial charge in [-0.05, 0) is 31.0 Å². The monoisotopic (exact) mass is 406 g/mol. The third-order valence-electron chi connectivity index (χ3n) is 3.68. The molecule has 128 valence electrons. The Morgan fingerprint density at radius 2 is 2.26 bits per heavy atom. The molecule has 0 radical (unpaired) electrons. The third-order valence-corrected chi connectivity index (χ3v) is 4.17. The van der Waals surface area contributed by atoms with Crippen LogP contribution in [0, 0.1) is 5.82 Å². The zero-order valence-corrected chi connectivity index (χ0v) is 15.1. The number of benzene rings is 1. The van der Waals surface area contributed by atoms with Crippen LogP contribution in [0.1, 0.15) is 18.4 Å². The van der Waals surface area contributed by atoms with Crippen LogP contribution in [0.4, 0.5) is 4.39 Å². The van der Waals surface area contributed by atoms with Crippen LogP contribution in [0.2, 0.25) is 0 Å². The van der Waals surface area contributed by atoms with E-state index in [0.717, 1.165) is 10.9 Å². The van der Waals surface area contributed by atoms with Crippen molar-refractivity contribution in [1.82, 2.24) is 4.90 Å². The molecular formula is C16H21BrClFN2O2. The summed E-state index contributed by atoms with van der Waals surface area (Å²) in [5.74, 6) is -0.479. The van der Waals surface area contributed by atoms with E-state index in [1.165, 1.54) is 6.07 Å². The average molecular weight is 408 g/mol. The average Bonchev–Trinajstić information content (AvgIpc) is 2.98. The molecule has 7 heteroatoms. The van der Waals surface area contributed by atoms with E-state index in [1.807, 2.05) is 0 Å². The fourth-order valence-electron chi connectivity index (χ4n) is 2.52. The molecule has 1 aromatic carbocycles. The fraction of sp³-hybridized carbons (Fsp3) is 0.438. The summed E-state index contributed by atoms with van der Waals surface area (Å²) < 4.78 is 20.3. The summed E-state index contributed by atoms with van der Waals surface area (Å²) in [6, 6.07) is 4.69. The zero-order valence-electron chi connectivity index (χ0n) is 12.7. The van der Waals surface area contributed by atoms with E-state index in [1.54, 1.807) is 23.1 Å². The maximum Gasteiger partial charge on any atom is 0.252 e. The number of nitrogens with two attached hydrogens (primary N) is 1. The summed E-state index contributed by atoms with van der Waals surface area (Å²) in [5, 5.41) is 0. The minimum atomic E-state index is -0.497. The highest BCUT2D eigenvalue weighted by atomic mass is 79.9. The molecule has 23 heavy (non-hydrogen) atoms. The van der Waals surface area contributed by atoms with Crippen molar-refractivity contribution in [1.29, 1.82) is 0 Å². The van der Waals surface area contributed by atoms with E-state index in [0.29, 0.717) is 25.1 Å². The highest BCUT2D eigenvalue weighted by molar-refractivity contribution is 9.10. The SMILES string of the molecule is C=CCN(Cc1cc(Br)ccc1F)C(=O)[C@@H]1CC[C@H](CN)O1.Cl. The number of carbonyl (C=O) groups is 1. The Morgan fingerprint density at radius 3 is 2.87 bits per heavy atom. The lowest BCUT2D eigenvalue weighted by atomic mass is 10.1. The predicted molar refractivity (Wildman–Crippen MR) is 93.9 cm³/mol. The molecule has 1 fully saturated rings. The van der Waals surface area contributed by atoms with Crippen molar-refractivity contribution in [3.63, 3.8) is 0 Å². The minimum absolute atomic E-state index is 0. The van der Waals surface area contributed by atoms with Crippen LogP contribution >= 0.6 is 28.3 Å². The lowest BCUT2D eigenvalue weighted by Gasteiger charge is -2.25. The first kappa shape index (κ1) is 20.1. The van der Waals surface area contributed by atoms with E-state index in [-0.39, 0.29) is 36.8 Å². The molecular weight excluding hydrogens is 387 g/mol. The van der Waals surface area contributed by atoms with E-state index in [2.05, 4.69) is 22.5 Å². The molecule has 0 saturated carbocycles. The minimum Gasteiger partial charge on any atom is -0.364 e. The number of amides is 1. The van der Waals surface area contributed by atoms with Gasteiger partial charge in [0.2, 0.25) is 0 Å². The quantitative estimate of drug-likeness (QED) is 0.738. The molecule has 1 amide bonds. The van der Waals surface area contributed by atoms with E-state index >= 15 is 0 Å². The first-order chi connectivity index (χ1) is 10.5. The van der Waals surface area contributed by atoms with Gasteiger partial charge in [0.05, 0.1) is 6.10 Å². The molecule has 1 heterocycles. The summed E-state index contributed by atoms with van der Waals surface area (Å²) >= 11 is 3.32. The van der Waals surface area contributed by atoms with Gasteiger partial charge in [0.25, 0.3) is 5.91 Å². The van der Waals surface area contributed by atoms with Crippen molar-refractivity contribution in [3.05, 3.63) is 46.7 Å². The van der Waals surface area contributed by atoms with Gasteiger partial charge in [0.15, 0.2) is 0 Å². The van der Waals surface area contributed by atoms with Gasteiger partial charge in [-0.25, -0.2) is 4.39 Å². The molecule has 1 aliphatic rings. The Morgan fingerprint density at radius 1 is 1.52 bits per heavy atom. The van der Waals surface area contributed by atoms with Crippen LogP contribution in [0.25, 0.3) is 0 Å². The Labute approximate surface area is 150 Å². The zero-order chi connectivity index (χ0) is 16.1. The molecule has 0 spiro atoms. The first-order valence-corrected chi connectivity index (χ1v) is 8.03. The highest BCUT2D eigenvalue weighted by Crippen LogP contribution is 2.23. The summed E-state index contributed by atoms with van der Waals surface area (Å²) in [6.07, 6.45) is 2.49. The van der Waals surface area contributed by atoms with Gasteiger partial charge in [-0.2, -0.15) is 0 Å². The lowest BCUT2D eigenvalue weighted by molar-refractivity contribution is -0.142. The number of halogens is 3. The second-order valence-electron chi connectivity index (χ2n) is 5.30. The smallest absolute Gasteiger partial charge is 0.252 e. The molecule has 1 saturated heterocycles. The molecule has 0 aromatic heterocycles.